The lowest BCUT2D eigenvalue weighted by Gasteiger charge is -2.20. The van der Waals surface area contributed by atoms with Crippen LogP contribution in [0.3, 0.4) is 0 Å². The maximum absolute atomic E-state index is 14.5. The van der Waals surface area contributed by atoms with E-state index in [0.717, 1.165) is 10.4 Å². The third kappa shape index (κ3) is 2.31. The van der Waals surface area contributed by atoms with E-state index in [2.05, 4.69) is 0 Å². The standard InChI is InChI=1S/C10H12F2N2O2S/c11-9-4-2-1-3-8(9)10(12)5-6-14(7-10)17(13,15)16/h1-4H,5-7H2,(H2,13,15,16)/t10-/m1/s1. The highest BCUT2D eigenvalue weighted by molar-refractivity contribution is 7.86. The molecule has 0 spiro atoms. The largest absolute Gasteiger partial charge is 0.277 e. The quantitative estimate of drug-likeness (QED) is 0.860. The number of halogens is 2. The van der Waals surface area contributed by atoms with Crippen LogP contribution in [0.2, 0.25) is 0 Å². The van der Waals surface area contributed by atoms with Gasteiger partial charge in [0.2, 0.25) is 0 Å². The molecule has 0 saturated carbocycles. The summed E-state index contributed by atoms with van der Waals surface area (Å²) in [7, 11) is -3.92. The fraction of sp³-hybridized carbons (Fsp3) is 0.400. The number of nitrogens with zero attached hydrogens (tertiary/aromatic N) is 1. The summed E-state index contributed by atoms with van der Waals surface area (Å²) in [5.41, 5.74) is -2.12. The van der Waals surface area contributed by atoms with Crippen molar-refractivity contribution in [2.75, 3.05) is 13.1 Å². The van der Waals surface area contributed by atoms with Crippen molar-refractivity contribution in [3.63, 3.8) is 0 Å². The maximum Gasteiger partial charge on any atom is 0.277 e. The molecule has 0 amide bonds. The molecule has 0 bridgehead atoms. The summed E-state index contributed by atoms with van der Waals surface area (Å²) in [5, 5.41) is 4.92. The van der Waals surface area contributed by atoms with Crippen molar-refractivity contribution in [3.05, 3.63) is 35.6 Å². The molecular weight excluding hydrogens is 250 g/mol. The molecular formula is C10H12F2N2O2S. The van der Waals surface area contributed by atoms with Gasteiger partial charge in [0, 0.05) is 18.5 Å². The molecule has 0 aromatic heterocycles. The molecule has 1 fully saturated rings. The van der Waals surface area contributed by atoms with Gasteiger partial charge < -0.3 is 0 Å². The van der Waals surface area contributed by atoms with E-state index in [0.29, 0.717) is 0 Å². The van der Waals surface area contributed by atoms with Crippen molar-refractivity contribution < 1.29 is 17.2 Å². The predicted octanol–water partition coefficient (Wildman–Crippen LogP) is 0.900. The van der Waals surface area contributed by atoms with Crippen LogP contribution in [0.15, 0.2) is 24.3 Å². The Kier molecular flexibility index (Phi) is 2.92. The molecule has 7 heteroatoms. The Labute approximate surface area is 98.2 Å². The van der Waals surface area contributed by atoms with Crippen LogP contribution in [0.25, 0.3) is 0 Å². The van der Waals surface area contributed by atoms with Gasteiger partial charge in [-0.15, -0.1) is 0 Å². The molecule has 1 aliphatic heterocycles. The molecule has 1 atom stereocenters. The number of hydrogen-bond acceptors (Lipinski definition) is 2. The monoisotopic (exact) mass is 262 g/mol. The molecule has 1 saturated heterocycles. The Balaban J connectivity index is 2.32. The lowest BCUT2D eigenvalue weighted by atomic mass is 9.94. The molecule has 0 unspecified atom stereocenters. The second-order valence-corrected chi connectivity index (χ2v) is 5.62. The third-order valence-corrected chi connectivity index (χ3v) is 3.93. The second-order valence-electron chi connectivity index (χ2n) is 4.07. The number of rotatable bonds is 2. The van der Waals surface area contributed by atoms with Crippen molar-refractivity contribution in [2.45, 2.75) is 12.1 Å². The molecule has 1 aromatic carbocycles. The maximum atomic E-state index is 14.5. The van der Waals surface area contributed by atoms with E-state index >= 15 is 0 Å². The number of nitrogens with two attached hydrogens (primary N) is 1. The summed E-state index contributed by atoms with van der Waals surface area (Å²) in [6.45, 7) is -0.476. The third-order valence-electron chi connectivity index (χ3n) is 2.90. The fourth-order valence-corrected chi connectivity index (χ4v) is 2.73. The fourth-order valence-electron chi connectivity index (χ4n) is 2.00. The molecule has 17 heavy (non-hydrogen) atoms. The topological polar surface area (TPSA) is 63.4 Å². The summed E-state index contributed by atoms with van der Waals surface area (Å²) >= 11 is 0. The van der Waals surface area contributed by atoms with Gasteiger partial charge in [0.15, 0.2) is 5.67 Å². The average Bonchev–Trinajstić information content (AvgIpc) is 2.62. The van der Waals surface area contributed by atoms with Gasteiger partial charge >= 0.3 is 0 Å². The Bertz CT molecular complexity index is 535. The van der Waals surface area contributed by atoms with Crippen LogP contribution in [0, 0.1) is 5.82 Å². The van der Waals surface area contributed by atoms with Crippen LogP contribution in [-0.2, 0) is 15.9 Å². The van der Waals surface area contributed by atoms with E-state index in [4.69, 9.17) is 5.14 Å². The first-order chi connectivity index (χ1) is 7.83. The Morgan fingerprint density at radius 3 is 2.53 bits per heavy atom. The highest BCUT2D eigenvalue weighted by Crippen LogP contribution is 2.37. The van der Waals surface area contributed by atoms with Crippen LogP contribution in [0.5, 0.6) is 0 Å². The molecule has 94 valence electrons. The average molecular weight is 262 g/mol. The van der Waals surface area contributed by atoms with Crippen molar-refractivity contribution in [1.29, 1.82) is 0 Å². The molecule has 2 rings (SSSR count). The predicted molar refractivity (Wildman–Crippen MR) is 58.5 cm³/mol. The molecule has 1 heterocycles. The van der Waals surface area contributed by atoms with Crippen LogP contribution in [-0.4, -0.2) is 25.8 Å². The molecule has 0 radical (unpaired) electrons. The van der Waals surface area contributed by atoms with Crippen LogP contribution in [0.4, 0.5) is 8.78 Å². The SMILES string of the molecule is NS(=O)(=O)N1CC[C@](F)(c2ccccc2F)C1. The zero-order valence-corrected chi connectivity index (χ0v) is 9.75. The normalized spacial score (nSPS) is 26.3. The van der Waals surface area contributed by atoms with Gasteiger partial charge in [-0.2, -0.15) is 12.7 Å². The number of alkyl halides is 1. The minimum absolute atomic E-state index is 0.0380. The molecule has 2 N–H and O–H groups in total. The Morgan fingerprint density at radius 2 is 2.00 bits per heavy atom. The Morgan fingerprint density at radius 1 is 1.35 bits per heavy atom. The number of benzene rings is 1. The van der Waals surface area contributed by atoms with Crippen LogP contribution >= 0.6 is 0 Å². The highest BCUT2D eigenvalue weighted by atomic mass is 32.2. The van der Waals surface area contributed by atoms with E-state index < -0.39 is 28.2 Å². The minimum atomic E-state index is -3.92. The Hall–Kier alpha value is -1.05. The first-order valence-electron chi connectivity index (χ1n) is 5.05. The zero-order valence-electron chi connectivity index (χ0n) is 8.94. The van der Waals surface area contributed by atoms with Gasteiger partial charge in [-0.1, -0.05) is 18.2 Å². The second kappa shape index (κ2) is 4.01. The molecule has 1 aliphatic rings. The summed E-state index contributed by atoms with van der Waals surface area (Å²) in [5.74, 6) is -0.675. The van der Waals surface area contributed by atoms with Crippen molar-refractivity contribution >= 4 is 10.2 Å². The summed E-state index contributed by atoms with van der Waals surface area (Å²) < 4.78 is 50.9. The van der Waals surface area contributed by atoms with E-state index in [1.165, 1.54) is 18.2 Å². The van der Waals surface area contributed by atoms with Crippen LogP contribution in [0.1, 0.15) is 12.0 Å². The minimum Gasteiger partial charge on any atom is -0.237 e. The summed E-state index contributed by atoms with van der Waals surface area (Å²) in [6.07, 6.45) is -0.0929. The van der Waals surface area contributed by atoms with E-state index in [1.807, 2.05) is 0 Å². The van der Waals surface area contributed by atoms with Crippen LogP contribution < -0.4 is 5.14 Å². The summed E-state index contributed by atoms with van der Waals surface area (Å²) in [4.78, 5) is 0. The van der Waals surface area contributed by atoms with E-state index in [9.17, 15) is 17.2 Å². The molecule has 4 nitrogen and oxygen atoms in total. The zero-order chi connectivity index (χ0) is 12.7. The van der Waals surface area contributed by atoms with Gasteiger partial charge in [-0.3, -0.25) is 0 Å². The van der Waals surface area contributed by atoms with Gasteiger partial charge in [-0.25, -0.2) is 13.9 Å². The lowest BCUT2D eigenvalue weighted by Crippen LogP contribution is -2.37. The lowest BCUT2D eigenvalue weighted by molar-refractivity contribution is 0.177. The van der Waals surface area contributed by atoms with Gasteiger partial charge in [-0.05, 0) is 6.07 Å². The van der Waals surface area contributed by atoms with Crippen molar-refractivity contribution in [1.82, 2.24) is 4.31 Å². The first kappa shape index (κ1) is 12.4. The van der Waals surface area contributed by atoms with Crippen molar-refractivity contribution in [3.8, 4) is 0 Å². The smallest absolute Gasteiger partial charge is 0.237 e. The molecule has 0 aliphatic carbocycles. The summed E-state index contributed by atoms with van der Waals surface area (Å²) in [6, 6.07) is 5.44. The number of hydrogen-bond donors (Lipinski definition) is 1. The van der Waals surface area contributed by atoms with Gasteiger partial charge in [0.25, 0.3) is 10.2 Å². The van der Waals surface area contributed by atoms with Crippen molar-refractivity contribution in [2.24, 2.45) is 5.14 Å². The van der Waals surface area contributed by atoms with E-state index in [1.54, 1.807) is 0 Å². The van der Waals surface area contributed by atoms with Gasteiger partial charge in [0.1, 0.15) is 5.82 Å². The van der Waals surface area contributed by atoms with E-state index in [-0.39, 0.29) is 18.5 Å². The first-order valence-corrected chi connectivity index (χ1v) is 6.55. The highest BCUT2D eigenvalue weighted by Gasteiger charge is 2.44. The van der Waals surface area contributed by atoms with Gasteiger partial charge in [0.05, 0.1) is 6.54 Å². The molecule has 1 aromatic rings.